The number of ether oxygens (including phenoxy) is 1. The van der Waals surface area contributed by atoms with Crippen LogP contribution >= 0.6 is 11.6 Å². The average molecular weight is 282 g/mol. The molecule has 0 bridgehead atoms. The Bertz CT molecular complexity index is 415. The van der Waals surface area contributed by atoms with Crippen LogP contribution in [0.5, 0.6) is 5.75 Å². The molecule has 1 amide bonds. The predicted molar refractivity (Wildman–Crippen MR) is 76.8 cm³/mol. The Hall–Kier alpha value is -1.22. The summed E-state index contributed by atoms with van der Waals surface area (Å²) in [6.07, 6.45) is 3.90. The third kappa shape index (κ3) is 3.63. The van der Waals surface area contributed by atoms with Gasteiger partial charge < -0.3 is 9.64 Å². The van der Waals surface area contributed by atoms with Crippen molar-refractivity contribution in [1.82, 2.24) is 4.90 Å². The summed E-state index contributed by atoms with van der Waals surface area (Å²) in [5.41, 5.74) is 1.02. The van der Waals surface area contributed by atoms with E-state index in [2.05, 4.69) is 0 Å². The highest BCUT2D eigenvalue weighted by atomic mass is 35.5. The maximum Gasteiger partial charge on any atom is 0.227 e. The molecule has 1 aromatic carbocycles. The summed E-state index contributed by atoms with van der Waals surface area (Å²) in [6.45, 7) is 0.654. The van der Waals surface area contributed by atoms with Crippen molar-refractivity contribution in [1.29, 1.82) is 0 Å². The molecule has 1 aromatic rings. The zero-order valence-corrected chi connectivity index (χ0v) is 12.0. The van der Waals surface area contributed by atoms with Gasteiger partial charge in [0.1, 0.15) is 5.75 Å². The molecule has 4 heteroatoms. The molecule has 0 radical (unpaired) electrons. The Labute approximate surface area is 119 Å². The lowest BCUT2D eigenvalue weighted by Crippen LogP contribution is -2.45. The van der Waals surface area contributed by atoms with Crippen molar-refractivity contribution < 1.29 is 9.53 Å². The van der Waals surface area contributed by atoms with Crippen molar-refractivity contribution >= 4 is 17.5 Å². The molecule has 0 unspecified atom stereocenters. The van der Waals surface area contributed by atoms with Crippen LogP contribution in [-0.4, -0.2) is 36.4 Å². The molecule has 1 fully saturated rings. The number of hydrogen-bond acceptors (Lipinski definition) is 2. The Morgan fingerprint density at radius 1 is 1.37 bits per heavy atom. The summed E-state index contributed by atoms with van der Waals surface area (Å²) in [7, 11) is 1.64. The Kier molecular flexibility index (Phi) is 5.08. The van der Waals surface area contributed by atoms with E-state index in [1.807, 2.05) is 29.2 Å². The van der Waals surface area contributed by atoms with Gasteiger partial charge in [-0.05, 0) is 37.0 Å². The molecule has 2 rings (SSSR count). The molecule has 1 aliphatic rings. The van der Waals surface area contributed by atoms with Crippen molar-refractivity contribution in [2.45, 2.75) is 31.7 Å². The Morgan fingerprint density at radius 3 is 2.53 bits per heavy atom. The lowest BCUT2D eigenvalue weighted by Gasteiger charge is -2.37. The minimum atomic E-state index is 0.176. The van der Waals surface area contributed by atoms with Crippen LogP contribution in [0, 0.1) is 0 Å². The van der Waals surface area contributed by atoms with Gasteiger partial charge in [0.2, 0.25) is 5.91 Å². The molecule has 0 saturated heterocycles. The van der Waals surface area contributed by atoms with E-state index < -0.39 is 0 Å². The first-order valence-electron chi connectivity index (χ1n) is 6.73. The van der Waals surface area contributed by atoms with Gasteiger partial charge in [0.05, 0.1) is 13.5 Å². The molecular weight excluding hydrogens is 262 g/mol. The molecule has 3 nitrogen and oxygen atoms in total. The molecular formula is C15H20ClNO2. The molecule has 0 heterocycles. The standard InChI is InChI=1S/C15H20ClNO2/c1-19-14-7-5-12(6-8-14)11-15(18)17(10-9-16)13-3-2-4-13/h5-8,13H,2-4,9-11H2,1H3. The fraction of sp³-hybridized carbons (Fsp3) is 0.533. The van der Waals surface area contributed by atoms with Gasteiger partial charge in [-0.15, -0.1) is 11.6 Å². The highest BCUT2D eigenvalue weighted by Gasteiger charge is 2.27. The smallest absolute Gasteiger partial charge is 0.227 e. The van der Waals surface area contributed by atoms with Crippen LogP contribution in [0.1, 0.15) is 24.8 Å². The van der Waals surface area contributed by atoms with Gasteiger partial charge >= 0.3 is 0 Å². The number of carbonyl (C=O) groups is 1. The summed E-state index contributed by atoms with van der Waals surface area (Å²) >= 11 is 5.80. The largest absolute Gasteiger partial charge is 0.497 e. The number of rotatable bonds is 6. The average Bonchev–Trinajstić information content (AvgIpc) is 2.37. The molecule has 1 saturated carbocycles. The van der Waals surface area contributed by atoms with Crippen LogP contribution in [0.25, 0.3) is 0 Å². The summed E-state index contributed by atoms with van der Waals surface area (Å²) in [4.78, 5) is 14.3. The van der Waals surface area contributed by atoms with E-state index >= 15 is 0 Å². The zero-order valence-electron chi connectivity index (χ0n) is 11.3. The molecule has 19 heavy (non-hydrogen) atoms. The minimum Gasteiger partial charge on any atom is -0.497 e. The van der Waals surface area contributed by atoms with E-state index in [0.717, 1.165) is 24.2 Å². The lowest BCUT2D eigenvalue weighted by atomic mass is 9.91. The number of benzene rings is 1. The van der Waals surface area contributed by atoms with E-state index in [1.165, 1.54) is 6.42 Å². The van der Waals surface area contributed by atoms with Gasteiger partial charge in [0, 0.05) is 18.5 Å². The van der Waals surface area contributed by atoms with Crippen molar-refractivity contribution in [2.75, 3.05) is 19.5 Å². The third-order valence-corrected chi connectivity index (χ3v) is 3.84. The van der Waals surface area contributed by atoms with E-state index in [4.69, 9.17) is 16.3 Å². The molecule has 0 atom stereocenters. The fourth-order valence-electron chi connectivity index (χ4n) is 2.32. The highest BCUT2D eigenvalue weighted by Crippen LogP contribution is 2.25. The maximum atomic E-state index is 12.3. The topological polar surface area (TPSA) is 29.5 Å². The number of halogens is 1. The van der Waals surface area contributed by atoms with Crippen molar-refractivity contribution in [3.8, 4) is 5.75 Å². The van der Waals surface area contributed by atoms with Gasteiger partial charge in [-0.1, -0.05) is 12.1 Å². The lowest BCUT2D eigenvalue weighted by molar-refractivity contribution is -0.134. The van der Waals surface area contributed by atoms with Crippen LogP contribution in [-0.2, 0) is 11.2 Å². The molecule has 0 spiro atoms. The molecule has 1 aliphatic carbocycles. The van der Waals surface area contributed by atoms with Crippen molar-refractivity contribution in [3.05, 3.63) is 29.8 Å². The number of alkyl halides is 1. The van der Waals surface area contributed by atoms with Gasteiger partial charge in [-0.3, -0.25) is 4.79 Å². The second-order valence-electron chi connectivity index (χ2n) is 4.89. The van der Waals surface area contributed by atoms with Gasteiger partial charge in [-0.25, -0.2) is 0 Å². The Morgan fingerprint density at radius 2 is 2.05 bits per heavy atom. The molecule has 104 valence electrons. The molecule has 0 N–H and O–H groups in total. The number of hydrogen-bond donors (Lipinski definition) is 0. The van der Waals surface area contributed by atoms with E-state index in [-0.39, 0.29) is 5.91 Å². The first-order chi connectivity index (χ1) is 9.24. The monoisotopic (exact) mass is 281 g/mol. The summed E-state index contributed by atoms with van der Waals surface area (Å²) < 4.78 is 5.11. The Balaban J connectivity index is 1.96. The van der Waals surface area contributed by atoms with Gasteiger partial charge in [-0.2, -0.15) is 0 Å². The van der Waals surface area contributed by atoms with Crippen molar-refractivity contribution in [2.24, 2.45) is 0 Å². The van der Waals surface area contributed by atoms with Gasteiger partial charge in [0.15, 0.2) is 0 Å². The van der Waals surface area contributed by atoms with E-state index in [9.17, 15) is 4.79 Å². The first-order valence-corrected chi connectivity index (χ1v) is 7.26. The summed E-state index contributed by atoms with van der Waals surface area (Å²) in [5.74, 6) is 1.49. The van der Waals surface area contributed by atoms with Crippen molar-refractivity contribution in [3.63, 3.8) is 0 Å². The third-order valence-electron chi connectivity index (χ3n) is 3.68. The zero-order chi connectivity index (χ0) is 13.7. The second-order valence-corrected chi connectivity index (χ2v) is 5.26. The predicted octanol–water partition coefficient (Wildman–Crippen LogP) is 2.86. The quantitative estimate of drug-likeness (QED) is 0.751. The summed E-state index contributed by atoms with van der Waals surface area (Å²) in [5, 5.41) is 0. The number of carbonyl (C=O) groups excluding carboxylic acids is 1. The number of nitrogens with zero attached hydrogens (tertiary/aromatic N) is 1. The van der Waals surface area contributed by atoms with Crippen LogP contribution in [0.15, 0.2) is 24.3 Å². The minimum absolute atomic E-state index is 0.176. The van der Waals surface area contributed by atoms with E-state index in [0.29, 0.717) is 24.9 Å². The van der Waals surface area contributed by atoms with Gasteiger partial charge in [0.25, 0.3) is 0 Å². The van der Waals surface area contributed by atoms with Crippen LogP contribution in [0.3, 0.4) is 0 Å². The highest BCUT2D eigenvalue weighted by molar-refractivity contribution is 6.18. The normalized spacial score (nSPS) is 14.8. The van der Waals surface area contributed by atoms with Crippen LogP contribution in [0.4, 0.5) is 0 Å². The maximum absolute atomic E-state index is 12.3. The number of amides is 1. The van der Waals surface area contributed by atoms with E-state index in [1.54, 1.807) is 7.11 Å². The SMILES string of the molecule is COc1ccc(CC(=O)N(CCCl)C2CCC2)cc1. The first kappa shape index (κ1) is 14.2. The summed E-state index contributed by atoms with van der Waals surface area (Å²) in [6, 6.07) is 8.06. The number of methoxy groups -OCH3 is 1. The van der Waals surface area contributed by atoms with Crippen LogP contribution in [0.2, 0.25) is 0 Å². The molecule has 0 aromatic heterocycles. The fourth-order valence-corrected chi connectivity index (χ4v) is 2.50. The molecule has 0 aliphatic heterocycles. The second kappa shape index (κ2) is 6.80. The van der Waals surface area contributed by atoms with Crippen LogP contribution < -0.4 is 4.74 Å².